The van der Waals surface area contributed by atoms with Gasteiger partial charge < -0.3 is 24.8 Å². The van der Waals surface area contributed by atoms with E-state index in [4.69, 9.17) is 10.1 Å². The molecule has 2 aromatic rings. The molecule has 4 N–H and O–H groups in total. The average Bonchev–Trinajstić information content (AvgIpc) is 2.71. The monoisotopic (exact) mass is 445 g/mol. The first kappa shape index (κ1) is 23.4. The van der Waals surface area contributed by atoms with E-state index >= 15 is 0 Å². The molecule has 2 aromatic carbocycles. The van der Waals surface area contributed by atoms with E-state index in [-0.39, 0.29) is 11.6 Å². The normalized spacial score (nSPS) is 20.6. The van der Waals surface area contributed by atoms with Crippen LogP contribution in [-0.2, 0) is 11.4 Å². The molecule has 1 aliphatic rings. The molecule has 0 fully saturated rings. The molecule has 0 saturated heterocycles. The maximum absolute atomic E-state index is 13.0. The molecule has 0 aliphatic carbocycles. The van der Waals surface area contributed by atoms with Crippen molar-refractivity contribution in [2.24, 2.45) is 0 Å². The summed E-state index contributed by atoms with van der Waals surface area (Å²) >= 11 is -1.34. The van der Waals surface area contributed by atoms with E-state index < -0.39 is 29.1 Å². The van der Waals surface area contributed by atoms with Crippen LogP contribution in [0.4, 0.5) is 0 Å². The Kier molecular flexibility index (Phi) is 6.85. The van der Waals surface area contributed by atoms with Crippen LogP contribution in [0.2, 0.25) is 0 Å². The molecule has 0 bridgehead atoms. The van der Waals surface area contributed by atoms with Crippen LogP contribution in [0.3, 0.4) is 0 Å². The van der Waals surface area contributed by atoms with Crippen molar-refractivity contribution in [3.63, 3.8) is 0 Å². The number of phenolic OH excluding ortho intramolecular Hbond substituents is 1. The molecule has 1 heterocycles. The molecule has 0 spiro atoms. The Labute approximate surface area is 186 Å². The first-order valence-corrected chi connectivity index (χ1v) is 11.5. The Balaban J connectivity index is 1.99. The number of aliphatic hydroxyl groups excluding tert-OH is 1. The van der Waals surface area contributed by atoms with Crippen LogP contribution in [-0.4, -0.2) is 49.7 Å². The molecule has 3 rings (SSSR count). The van der Waals surface area contributed by atoms with Gasteiger partial charge in [0.25, 0.3) is 0 Å². The van der Waals surface area contributed by atoms with Crippen LogP contribution in [0.25, 0.3) is 0 Å². The van der Waals surface area contributed by atoms with Gasteiger partial charge in [0.1, 0.15) is 29.0 Å². The zero-order valence-corrected chi connectivity index (χ0v) is 19.4. The Morgan fingerprint density at radius 1 is 1.23 bits per heavy atom. The number of fused-ring (bicyclic) bond motifs is 1. The van der Waals surface area contributed by atoms with Crippen molar-refractivity contribution in [1.82, 2.24) is 9.62 Å². The summed E-state index contributed by atoms with van der Waals surface area (Å²) in [7, 11) is 0. The number of aromatic hydroxyl groups is 1. The molecular weight excluding hydrogens is 414 g/mol. The predicted molar refractivity (Wildman–Crippen MR) is 122 cm³/mol. The summed E-state index contributed by atoms with van der Waals surface area (Å²) in [5, 5.41) is 32.9. The lowest BCUT2D eigenvalue weighted by Crippen LogP contribution is -2.53. The topological polar surface area (TPSA) is 112 Å². The Morgan fingerprint density at radius 3 is 2.52 bits per heavy atom. The lowest BCUT2D eigenvalue weighted by atomic mass is 9.86. The molecule has 8 heteroatoms. The van der Waals surface area contributed by atoms with Gasteiger partial charge in [0.05, 0.1) is 23.0 Å². The highest BCUT2D eigenvalue weighted by Crippen LogP contribution is 2.41. The molecule has 31 heavy (non-hydrogen) atoms. The minimum absolute atomic E-state index is 0.00470. The third-order valence-electron chi connectivity index (χ3n) is 5.58. The van der Waals surface area contributed by atoms with Crippen molar-refractivity contribution in [1.29, 1.82) is 5.41 Å². The molecule has 1 aliphatic heterocycles. The number of phenols is 1. The molecule has 3 atom stereocenters. The number of hydrogen-bond donors (Lipinski definition) is 4. The summed E-state index contributed by atoms with van der Waals surface area (Å²) in [6, 6.07) is 9.70. The summed E-state index contributed by atoms with van der Waals surface area (Å²) in [6.45, 7) is 10.6. The van der Waals surface area contributed by atoms with Crippen LogP contribution in [0.1, 0.15) is 50.4 Å². The van der Waals surface area contributed by atoms with Crippen LogP contribution >= 0.6 is 0 Å². The van der Waals surface area contributed by atoms with Crippen LogP contribution in [0, 0.1) is 12.3 Å². The van der Waals surface area contributed by atoms with Gasteiger partial charge in [-0.2, -0.15) is 0 Å². The summed E-state index contributed by atoms with van der Waals surface area (Å²) in [4.78, 5) is 0.606. The number of hydrogen-bond acceptors (Lipinski definition) is 6. The standard InChI is InChI=1S/C23H31N3O4S/c1-6-26(7-2)31(29)15-9-11-19-17(13-15)20(21(28)23(4,5)30-19)25-22(24)16-10-8-14(3)12-18(16)27/h8-13,20-21,27-28H,6-7H2,1-5H3,(H2,24,25)/t20-,21+,31?/m1/s1. The molecule has 0 radical (unpaired) electrons. The molecule has 0 saturated carbocycles. The highest BCUT2D eigenvalue weighted by molar-refractivity contribution is 7.89. The van der Waals surface area contributed by atoms with E-state index in [9.17, 15) is 14.8 Å². The third kappa shape index (κ3) is 4.67. The van der Waals surface area contributed by atoms with Crippen molar-refractivity contribution in [3.8, 4) is 11.5 Å². The summed E-state index contributed by atoms with van der Waals surface area (Å²) in [6.07, 6.45) is -0.981. The van der Waals surface area contributed by atoms with Crippen molar-refractivity contribution < 1.29 is 19.5 Å². The summed E-state index contributed by atoms with van der Waals surface area (Å²) < 4.78 is 20.8. The second-order valence-electron chi connectivity index (χ2n) is 8.23. The van der Waals surface area contributed by atoms with E-state index in [2.05, 4.69) is 5.32 Å². The first-order valence-electron chi connectivity index (χ1n) is 10.4. The predicted octanol–water partition coefficient (Wildman–Crippen LogP) is 3.25. The van der Waals surface area contributed by atoms with Gasteiger partial charge in [-0.1, -0.05) is 6.07 Å². The number of aryl methyl sites for hydroxylation is 1. The highest BCUT2D eigenvalue weighted by Gasteiger charge is 2.44. The van der Waals surface area contributed by atoms with Gasteiger partial charge in [0.2, 0.25) is 0 Å². The maximum atomic E-state index is 13.0. The molecule has 0 aromatic heterocycles. The average molecular weight is 446 g/mol. The van der Waals surface area contributed by atoms with Gasteiger partial charge in [-0.15, -0.1) is 4.31 Å². The van der Waals surface area contributed by atoms with E-state index in [1.54, 1.807) is 44.2 Å². The quantitative estimate of drug-likeness (QED) is 0.309. The van der Waals surface area contributed by atoms with Crippen molar-refractivity contribution in [3.05, 3.63) is 53.1 Å². The van der Waals surface area contributed by atoms with Crippen LogP contribution < -0.4 is 10.1 Å². The minimum atomic E-state index is -1.34. The maximum Gasteiger partial charge on any atom is 0.174 e. The highest BCUT2D eigenvalue weighted by atomic mass is 32.2. The number of aliphatic hydroxyl groups is 1. The number of benzene rings is 2. The molecule has 7 nitrogen and oxygen atoms in total. The van der Waals surface area contributed by atoms with Gasteiger partial charge >= 0.3 is 0 Å². The number of nitrogens with one attached hydrogen (secondary N) is 2. The molecular formula is C23H31N3O4S. The third-order valence-corrected chi connectivity index (χ3v) is 7.22. The van der Waals surface area contributed by atoms with Crippen LogP contribution in [0.15, 0.2) is 41.3 Å². The SMILES string of the molecule is CCN(CC)[S+]([O-])c1ccc2c(c1)[C@@H](NC(=N)c1ccc(C)cc1O)[C@H](O)C(C)(C)O2. The molecule has 1 unspecified atom stereocenters. The van der Waals surface area contributed by atoms with E-state index in [0.717, 1.165) is 5.56 Å². The number of nitrogens with zero attached hydrogens (tertiary/aromatic N) is 1. The number of amidine groups is 1. The second kappa shape index (κ2) is 9.08. The minimum Gasteiger partial charge on any atom is -0.593 e. The zero-order chi connectivity index (χ0) is 22.9. The lowest BCUT2D eigenvalue weighted by Gasteiger charge is -2.42. The fourth-order valence-corrected chi connectivity index (χ4v) is 4.92. The second-order valence-corrected chi connectivity index (χ2v) is 9.72. The van der Waals surface area contributed by atoms with Crippen molar-refractivity contribution in [2.75, 3.05) is 13.1 Å². The van der Waals surface area contributed by atoms with E-state index in [0.29, 0.717) is 34.9 Å². The zero-order valence-electron chi connectivity index (χ0n) is 18.6. The Hall–Kier alpha value is -2.26. The van der Waals surface area contributed by atoms with Crippen LogP contribution in [0.5, 0.6) is 11.5 Å². The first-order chi connectivity index (χ1) is 14.6. The largest absolute Gasteiger partial charge is 0.593 e. The Bertz CT molecular complexity index is 962. The van der Waals surface area contributed by atoms with Gasteiger partial charge in [-0.3, -0.25) is 5.41 Å². The number of rotatable bonds is 6. The van der Waals surface area contributed by atoms with Gasteiger partial charge in [-0.05, 0) is 64.4 Å². The molecule has 168 valence electrons. The fourth-order valence-electron chi connectivity index (χ4n) is 3.74. The smallest absolute Gasteiger partial charge is 0.174 e. The Morgan fingerprint density at radius 2 is 1.90 bits per heavy atom. The van der Waals surface area contributed by atoms with Gasteiger partial charge in [-0.25, -0.2) is 0 Å². The van der Waals surface area contributed by atoms with E-state index in [1.165, 1.54) is 0 Å². The lowest BCUT2D eigenvalue weighted by molar-refractivity contribution is -0.0611. The number of ether oxygens (including phenoxy) is 1. The van der Waals surface area contributed by atoms with Gasteiger partial charge in [0.15, 0.2) is 4.90 Å². The summed E-state index contributed by atoms with van der Waals surface area (Å²) in [5.41, 5.74) is 0.947. The summed E-state index contributed by atoms with van der Waals surface area (Å²) in [5.74, 6) is 0.546. The molecule has 0 amide bonds. The van der Waals surface area contributed by atoms with E-state index in [1.807, 2.05) is 31.1 Å². The van der Waals surface area contributed by atoms with Crippen molar-refractivity contribution >= 4 is 17.2 Å². The van der Waals surface area contributed by atoms with Gasteiger partial charge in [0, 0.05) is 24.7 Å². The fraction of sp³-hybridized carbons (Fsp3) is 0.435. The van der Waals surface area contributed by atoms with Crippen molar-refractivity contribution in [2.45, 2.75) is 57.3 Å².